The van der Waals surface area contributed by atoms with Crippen molar-refractivity contribution in [3.63, 3.8) is 0 Å². The van der Waals surface area contributed by atoms with E-state index in [1.165, 1.54) is 12.3 Å². The van der Waals surface area contributed by atoms with Crippen molar-refractivity contribution in [2.45, 2.75) is 96.6 Å². The zero-order valence-corrected chi connectivity index (χ0v) is 36.1. The van der Waals surface area contributed by atoms with Crippen molar-refractivity contribution < 1.29 is 37.1 Å². The summed E-state index contributed by atoms with van der Waals surface area (Å²) in [6.45, 7) is 13.6. The van der Waals surface area contributed by atoms with Gasteiger partial charge >= 0.3 is 6.18 Å². The van der Waals surface area contributed by atoms with E-state index in [2.05, 4.69) is 38.4 Å². The van der Waals surface area contributed by atoms with E-state index >= 15 is 0 Å². The molecule has 2 N–H and O–H groups in total. The summed E-state index contributed by atoms with van der Waals surface area (Å²) < 4.78 is 47.7. The van der Waals surface area contributed by atoms with Crippen molar-refractivity contribution in [2.24, 2.45) is 0 Å². The highest BCUT2D eigenvalue weighted by Gasteiger charge is 2.51. The van der Waals surface area contributed by atoms with Crippen LogP contribution in [0.2, 0.25) is 0 Å². The molecule has 3 atom stereocenters. The number of ketones is 2. The van der Waals surface area contributed by atoms with E-state index in [0.29, 0.717) is 67.6 Å². The number of hydrogen-bond donors (Lipinski definition) is 2. The van der Waals surface area contributed by atoms with E-state index in [-0.39, 0.29) is 59.2 Å². The number of anilines is 4. The third kappa shape index (κ3) is 9.73. The number of carbonyl (C=O) groups excluding carboxylic acids is 4. The highest BCUT2D eigenvalue weighted by atomic mass is 32.1. The SMILES string of the molecule is CC(C)c1cc(N2C(=S)N(c3ccc(C#N)c(C(F)(F)F)c3)C(=O)C2(C)C)cnc1OCCN1C[C@@H](C)N(CC(=O)Nc2cc(C#N)cc(NC3CCC(=O)CC3=O)c2)C[C@H]1C. The second-order valence-electron chi connectivity index (χ2n) is 16.7. The quantitative estimate of drug-likeness (QED) is 0.151. The molecule has 3 fully saturated rings. The van der Waals surface area contributed by atoms with Crippen molar-refractivity contribution in [3.05, 3.63) is 70.9 Å². The molecule has 326 valence electrons. The second-order valence-corrected chi connectivity index (χ2v) is 17.1. The van der Waals surface area contributed by atoms with Crippen molar-refractivity contribution >= 4 is 63.5 Å². The molecular weight excluding hydrogens is 824 g/mol. The van der Waals surface area contributed by atoms with E-state index < -0.39 is 34.8 Å². The van der Waals surface area contributed by atoms with Crippen LogP contribution in [0.15, 0.2) is 48.7 Å². The lowest BCUT2D eigenvalue weighted by molar-refractivity contribution is -0.138. The maximum absolute atomic E-state index is 13.8. The fourth-order valence-electron chi connectivity index (χ4n) is 8.09. The molecule has 3 aliphatic rings. The Kier molecular flexibility index (Phi) is 13.4. The monoisotopic (exact) mass is 871 g/mol. The summed E-state index contributed by atoms with van der Waals surface area (Å²) in [7, 11) is 0. The summed E-state index contributed by atoms with van der Waals surface area (Å²) >= 11 is 5.72. The number of halogens is 3. The number of thiocarbonyl (C=S) groups is 1. The molecule has 3 heterocycles. The number of ether oxygens (including phenoxy) is 1. The molecule has 1 aromatic heterocycles. The Morgan fingerprint density at radius 2 is 1.69 bits per heavy atom. The Bertz CT molecular complexity index is 2380. The first kappa shape index (κ1) is 45.6. The fraction of sp³-hybridized carbons (Fsp3) is 0.455. The maximum Gasteiger partial charge on any atom is 0.417 e. The summed E-state index contributed by atoms with van der Waals surface area (Å²) in [5.41, 5.74) is -0.681. The van der Waals surface area contributed by atoms with Gasteiger partial charge in [0, 0.05) is 55.1 Å². The summed E-state index contributed by atoms with van der Waals surface area (Å²) in [6, 6.07) is 12.9. The summed E-state index contributed by atoms with van der Waals surface area (Å²) in [4.78, 5) is 62.7. The lowest BCUT2D eigenvalue weighted by Gasteiger charge is -2.43. The van der Waals surface area contributed by atoms with E-state index in [9.17, 15) is 42.9 Å². The number of nitrogens with zero attached hydrogens (tertiary/aromatic N) is 7. The molecule has 62 heavy (non-hydrogen) atoms. The standard InChI is InChI=1S/C44H48F3N9O5S/c1-25(2)35-16-33(56-42(62)55(41(60)43(56,5)6)32-8-7-29(20-49)36(17-32)44(45,46)47)21-50-40(35)61-12-11-53-22-27(4)54(23-26(53)3)24-39(59)52-31-14-28(19-48)13-30(15-31)51-37-10-9-34(57)18-38(37)58/h7-8,13-17,21,25-27,37,51H,9-12,18,22-24H2,1-6H3,(H,52,59)/t26-,27-,37?/m1/s1. The Balaban J connectivity index is 1.06. The molecule has 0 spiro atoms. The minimum Gasteiger partial charge on any atom is -0.476 e. The van der Waals surface area contributed by atoms with Gasteiger partial charge in [0.15, 0.2) is 10.9 Å². The lowest BCUT2D eigenvalue weighted by atomic mass is 9.93. The normalized spacial score (nSPS) is 20.9. The third-order valence-electron chi connectivity index (χ3n) is 11.5. The van der Waals surface area contributed by atoms with Crippen LogP contribution in [0.1, 0.15) is 89.0 Å². The van der Waals surface area contributed by atoms with E-state index in [4.69, 9.17) is 17.0 Å². The molecule has 2 saturated heterocycles. The molecule has 1 unspecified atom stereocenters. The summed E-state index contributed by atoms with van der Waals surface area (Å²) in [5.74, 6) is -0.752. The molecular formula is C44H48F3N9O5S. The van der Waals surface area contributed by atoms with E-state index in [1.807, 2.05) is 26.8 Å². The number of carbonyl (C=O) groups is 4. The minimum absolute atomic E-state index is 0.0162. The van der Waals surface area contributed by atoms with Gasteiger partial charge in [0.05, 0.1) is 65.4 Å². The third-order valence-corrected chi connectivity index (χ3v) is 11.8. The second kappa shape index (κ2) is 18.2. The predicted octanol–water partition coefficient (Wildman–Crippen LogP) is 6.40. The van der Waals surface area contributed by atoms with Crippen LogP contribution in [-0.4, -0.2) is 99.7 Å². The van der Waals surface area contributed by atoms with Crippen LogP contribution in [-0.2, 0) is 25.4 Å². The minimum atomic E-state index is -4.82. The number of nitrogens with one attached hydrogen (secondary N) is 2. The van der Waals surface area contributed by atoms with Gasteiger partial charge in [0.1, 0.15) is 17.9 Å². The summed E-state index contributed by atoms with van der Waals surface area (Å²) in [6.07, 6.45) is -2.74. The van der Waals surface area contributed by atoms with Gasteiger partial charge in [-0.1, -0.05) is 13.8 Å². The number of aromatic nitrogens is 1. The first-order valence-corrected chi connectivity index (χ1v) is 20.7. The average Bonchev–Trinajstić information content (AvgIpc) is 3.38. The molecule has 2 aliphatic heterocycles. The van der Waals surface area contributed by atoms with Crippen molar-refractivity contribution in [3.8, 4) is 18.0 Å². The molecule has 0 bridgehead atoms. The molecule has 2 aromatic carbocycles. The Hall–Kier alpha value is -5.95. The topological polar surface area (TPSA) is 175 Å². The number of amides is 2. The number of benzene rings is 2. The zero-order valence-electron chi connectivity index (χ0n) is 35.3. The van der Waals surface area contributed by atoms with Crippen molar-refractivity contribution in [1.82, 2.24) is 14.8 Å². The highest BCUT2D eigenvalue weighted by Crippen LogP contribution is 2.41. The molecule has 2 amide bonds. The van der Waals surface area contributed by atoms with Crippen LogP contribution in [0.3, 0.4) is 0 Å². The van der Waals surface area contributed by atoms with Gasteiger partial charge in [-0.25, -0.2) is 4.98 Å². The van der Waals surface area contributed by atoms with E-state index in [0.717, 1.165) is 22.6 Å². The number of pyridine rings is 1. The first-order valence-electron chi connectivity index (χ1n) is 20.3. The summed E-state index contributed by atoms with van der Waals surface area (Å²) in [5, 5.41) is 24.9. The Labute approximate surface area is 363 Å². The molecule has 0 radical (unpaired) electrons. The Morgan fingerprint density at radius 3 is 2.35 bits per heavy atom. The van der Waals surface area contributed by atoms with Gasteiger partial charge in [-0.3, -0.25) is 33.9 Å². The number of piperazine rings is 1. The van der Waals surface area contributed by atoms with Crippen LogP contribution in [0, 0.1) is 22.7 Å². The van der Waals surface area contributed by atoms with Gasteiger partial charge < -0.3 is 20.3 Å². The van der Waals surface area contributed by atoms with Gasteiger partial charge in [0.25, 0.3) is 5.91 Å². The first-order chi connectivity index (χ1) is 29.2. The largest absolute Gasteiger partial charge is 0.476 e. The number of hydrogen-bond acceptors (Lipinski definition) is 12. The van der Waals surface area contributed by atoms with Crippen LogP contribution in [0.4, 0.5) is 35.9 Å². The lowest BCUT2D eigenvalue weighted by Crippen LogP contribution is -2.58. The molecule has 14 nitrogen and oxygen atoms in total. The van der Waals surface area contributed by atoms with Gasteiger partial charge in [-0.05, 0) is 94.7 Å². The molecule has 1 aliphatic carbocycles. The van der Waals surface area contributed by atoms with Crippen molar-refractivity contribution in [1.29, 1.82) is 10.5 Å². The zero-order chi connectivity index (χ0) is 45.3. The molecule has 1 saturated carbocycles. The van der Waals surface area contributed by atoms with Crippen LogP contribution in [0.25, 0.3) is 0 Å². The highest BCUT2D eigenvalue weighted by molar-refractivity contribution is 7.81. The van der Waals surface area contributed by atoms with Gasteiger partial charge in [-0.15, -0.1) is 0 Å². The Morgan fingerprint density at radius 1 is 1.00 bits per heavy atom. The number of nitriles is 2. The fourth-order valence-corrected chi connectivity index (χ4v) is 8.62. The van der Waals surface area contributed by atoms with E-state index in [1.54, 1.807) is 43.0 Å². The molecule has 6 rings (SSSR count). The number of alkyl halides is 3. The predicted molar refractivity (Wildman–Crippen MR) is 230 cm³/mol. The average molecular weight is 872 g/mol. The van der Waals surface area contributed by atoms with Gasteiger partial charge in [-0.2, -0.15) is 23.7 Å². The smallest absolute Gasteiger partial charge is 0.417 e. The maximum atomic E-state index is 13.8. The molecule has 18 heteroatoms. The number of rotatable bonds is 12. The van der Waals surface area contributed by atoms with Crippen LogP contribution < -0.4 is 25.2 Å². The molecule has 3 aromatic rings. The van der Waals surface area contributed by atoms with Gasteiger partial charge in [0.2, 0.25) is 11.8 Å². The van der Waals surface area contributed by atoms with Crippen LogP contribution >= 0.6 is 12.2 Å². The number of Topliss-reactive ketones (excluding diaryl/α,β-unsaturated/α-hetero) is 2. The van der Waals surface area contributed by atoms with Crippen LogP contribution in [0.5, 0.6) is 5.88 Å². The van der Waals surface area contributed by atoms with Crippen molar-refractivity contribution in [2.75, 3.05) is 53.2 Å².